The summed E-state index contributed by atoms with van der Waals surface area (Å²) < 4.78 is 10.5. The Labute approximate surface area is 113 Å². The molecule has 0 bridgehead atoms. The lowest BCUT2D eigenvalue weighted by molar-refractivity contribution is -0.168. The fourth-order valence-corrected chi connectivity index (χ4v) is 2.62. The maximum Gasteiger partial charge on any atom is 0.311 e. The Morgan fingerprint density at radius 3 is 2.79 bits per heavy atom. The molecule has 2 saturated heterocycles. The van der Waals surface area contributed by atoms with Crippen LogP contribution in [0.4, 0.5) is 0 Å². The number of nitrogens with zero attached hydrogens (tertiary/aromatic N) is 1. The van der Waals surface area contributed by atoms with Gasteiger partial charge >= 0.3 is 5.97 Å². The third-order valence-corrected chi connectivity index (χ3v) is 4.19. The molecule has 19 heavy (non-hydrogen) atoms. The molecule has 0 unspecified atom stereocenters. The van der Waals surface area contributed by atoms with E-state index < -0.39 is 0 Å². The zero-order valence-electron chi connectivity index (χ0n) is 11.4. The van der Waals surface area contributed by atoms with Gasteiger partial charge in [-0.2, -0.15) is 0 Å². The first kappa shape index (κ1) is 12.9. The van der Waals surface area contributed by atoms with Gasteiger partial charge in [0.2, 0.25) is 5.91 Å². The van der Waals surface area contributed by atoms with Gasteiger partial charge < -0.3 is 14.4 Å². The van der Waals surface area contributed by atoms with Crippen LogP contribution < -0.4 is 0 Å². The van der Waals surface area contributed by atoms with Crippen LogP contribution in [-0.2, 0) is 19.1 Å². The lowest BCUT2D eigenvalue weighted by atomic mass is 9.90. The average molecular weight is 267 g/mol. The largest absolute Gasteiger partial charge is 0.465 e. The minimum atomic E-state index is -0.268. The standard InChI is InChI=1S/C14H21NO4/c1-14(7-18-8-14)9-19-13(17)11-4-12(16)15(6-11)5-10-2-3-10/h10-11H,2-9H2,1H3/t11-/m0/s1. The molecule has 5 heteroatoms. The summed E-state index contributed by atoms with van der Waals surface area (Å²) in [6.45, 7) is 5.12. The summed E-state index contributed by atoms with van der Waals surface area (Å²) in [7, 11) is 0. The Balaban J connectivity index is 1.46. The van der Waals surface area contributed by atoms with E-state index in [1.54, 1.807) is 0 Å². The fourth-order valence-electron chi connectivity index (χ4n) is 2.62. The van der Waals surface area contributed by atoms with Crippen molar-refractivity contribution >= 4 is 11.9 Å². The number of amides is 1. The topological polar surface area (TPSA) is 55.8 Å². The summed E-state index contributed by atoms with van der Waals surface area (Å²) in [5.74, 6) is 0.285. The molecule has 5 nitrogen and oxygen atoms in total. The van der Waals surface area contributed by atoms with Crippen molar-refractivity contribution in [1.82, 2.24) is 4.90 Å². The Morgan fingerprint density at radius 1 is 1.47 bits per heavy atom. The lowest BCUT2D eigenvalue weighted by Gasteiger charge is -2.37. The Bertz CT molecular complexity index is 387. The van der Waals surface area contributed by atoms with Gasteiger partial charge in [0.25, 0.3) is 0 Å². The summed E-state index contributed by atoms with van der Waals surface area (Å²) in [6, 6.07) is 0. The van der Waals surface area contributed by atoms with Crippen LogP contribution >= 0.6 is 0 Å². The number of carbonyl (C=O) groups excluding carboxylic acids is 2. The summed E-state index contributed by atoms with van der Waals surface area (Å²) in [6.07, 6.45) is 2.76. The first-order chi connectivity index (χ1) is 9.06. The molecule has 106 valence electrons. The molecular weight excluding hydrogens is 246 g/mol. The van der Waals surface area contributed by atoms with Crippen LogP contribution in [0.15, 0.2) is 0 Å². The second kappa shape index (κ2) is 4.78. The second-order valence-corrected chi connectivity index (χ2v) is 6.55. The number of carbonyl (C=O) groups is 2. The second-order valence-electron chi connectivity index (χ2n) is 6.55. The van der Waals surface area contributed by atoms with E-state index in [-0.39, 0.29) is 23.2 Å². The molecule has 0 N–H and O–H groups in total. The maximum absolute atomic E-state index is 12.0. The van der Waals surface area contributed by atoms with Crippen molar-refractivity contribution in [2.45, 2.75) is 26.2 Å². The number of esters is 1. The zero-order valence-corrected chi connectivity index (χ0v) is 11.4. The van der Waals surface area contributed by atoms with E-state index in [9.17, 15) is 9.59 Å². The van der Waals surface area contributed by atoms with Crippen LogP contribution in [0.25, 0.3) is 0 Å². The van der Waals surface area contributed by atoms with Gasteiger partial charge in [-0.3, -0.25) is 9.59 Å². The predicted octanol–water partition coefficient (Wildman–Crippen LogP) is 0.825. The molecule has 3 aliphatic rings. The Kier molecular flexibility index (Phi) is 3.25. The van der Waals surface area contributed by atoms with E-state index in [4.69, 9.17) is 9.47 Å². The maximum atomic E-state index is 12.0. The van der Waals surface area contributed by atoms with E-state index in [1.807, 2.05) is 11.8 Å². The van der Waals surface area contributed by atoms with Crippen LogP contribution in [0.1, 0.15) is 26.2 Å². The van der Waals surface area contributed by atoms with Crippen LogP contribution in [0.2, 0.25) is 0 Å². The first-order valence-corrected chi connectivity index (χ1v) is 7.08. The summed E-state index contributed by atoms with van der Waals surface area (Å²) in [4.78, 5) is 25.6. The van der Waals surface area contributed by atoms with Gasteiger partial charge in [0.05, 0.1) is 19.1 Å². The quantitative estimate of drug-likeness (QED) is 0.692. The van der Waals surface area contributed by atoms with Crippen LogP contribution in [0.5, 0.6) is 0 Å². The SMILES string of the molecule is CC1(COC(=O)[C@H]2CC(=O)N(CC3CC3)C2)COC1. The fraction of sp³-hybridized carbons (Fsp3) is 0.857. The molecule has 0 aromatic heterocycles. The van der Waals surface area contributed by atoms with Crippen molar-refractivity contribution in [2.24, 2.45) is 17.3 Å². The van der Waals surface area contributed by atoms with E-state index in [1.165, 1.54) is 12.8 Å². The van der Waals surface area contributed by atoms with Crippen LogP contribution in [0, 0.1) is 17.3 Å². The normalized spacial score (nSPS) is 29.2. The molecule has 1 atom stereocenters. The van der Waals surface area contributed by atoms with Crippen LogP contribution in [0.3, 0.4) is 0 Å². The Hall–Kier alpha value is -1.10. The summed E-state index contributed by atoms with van der Waals surface area (Å²) >= 11 is 0. The van der Waals surface area contributed by atoms with Gasteiger partial charge in [0.1, 0.15) is 6.61 Å². The molecule has 2 aliphatic heterocycles. The first-order valence-electron chi connectivity index (χ1n) is 7.08. The third kappa shape index (κ3) is 2.91. The molecule has 1 saturated carbocycles. The van der Waals surface area contributed by atoms with E-state index in [0.717, 1.165) is 6.54 Å². The molecule has 3 fully saturated rings. The number of likely N-dealkylation sites (tertiary alicyclic amines) is 1. The molecule has 1 aliphatic carbocycles. The van der Waals surface area contributed by atoms with Crippen molar-refractivity contribution in [2.75, 3.05) is 32.9 Å². The number of ether oxygens (including phenoxy) is 2. The zero-order chi connectivity index (χ0) is 13.5. The van der Waals surface area contributed by atoms with Crippen LogP contribution in [-0.4, -0.2) is 49.7 Å². The number of rotatable bonds is 5. The average Bonchev–Trinajstić information content (AvgIpc) is 3.08. The summed E-state index contributed by atoms with van der Waals surface area (Å²) in [5.41, 5.74) is -0.0219. The van der Waals surface area contributed by atoms with Crippen molar-refractivity contribution in [3.63, 3.8) is 0 Å². The molecule has 1 amide bonds. The van der Waals surface area contributed by atoms with Crippen molar-refractivity contribution in [3.8, 4) is 0 Å². The van der Waals surface area contributed by atoms with E-state index in [0.29, 0.717) is 38.7 Å². The van der Waals surface area contributed by atoms with Crippen molar-refractivity contribution in [1.29, 1.82) is 0 Å². The predicted molar refractivity (Wildman–Crippen MR) is 67.3 cm³/mol. The molecule has 0 radical (unpaired) electrons. The van der Waals surface area contributed by atoms with Gasteiger partial charge in [-0.05, 0) is 18.8 Å². The highest BCUT2D eigenvalue weighted by atomic mass is 16.5. The van der Waals surface area contributed by atoms with Gasteiger partial charge in [-0.25, -0.2) is 0 Å². The Morgan fingerprint density at radius 2 is 2.21 bits per heavy atom. The van der Waals surface area contributed by atoms with E-state index >= 15 is 0 Å². The minimum Gasteiger partial charge on any atom is -0.465 e. The van der Waals surface area contributed by atoms with Crippen molar-refractivity contribution < 1.29 is 19.1 Å². The molecule has 0 aromatic carbocycles. The molecule has 2 heterocycles. The third-order valence-electron chi connectivity index (χ3n) is 4.19. The smallest absolute Gasteiger partial charge is 0.311 e. The summed E-state index contributed by atoms with van der Waals surface area (Å²) in [5, 5.41) is 0. The van der Waals surface area contributed by atoms with Gasteiger partial charge in [-0.15, -0.1) is 0 Å². The highest BCUT2D eigenvalue weighted by Crippen LogP contribution is 2.32. The monoisotopic (exact) mass is 267 g/mol. The lowest BCUT2D eigenvalue weighted by Crippen LogP contribution is -2.44. The van der Waals surface area contributed by atoms with Gasteiger partial charge in [0, 0.05) is 24.9 Å². The van der Waals surface area contributed by atoms with Gasteiger partial charge in [-0.1, -0.05) is 6.92 Å². The highest BCUT2D eigenvalue weighted by Gasteiger charge is 2.40. The van der Waals surface area contributed by atoms with Crippen molar-refractivity contribution in [3.05, 3.63) is 0 Å². The number of hydrogen-bond acceptors (Lipinski definition) is 4. The molecule has 3 rings (SSSR count). The molecular formula is C14H21NO4. The van der Waals surface area contributed by atoms with Gasteiger partial charge in [0.15, 0.2) is 0 Å². The highest BCUT2D eigenvalue weighted by molar-refractivity contribution is 5.86. The minimum absolute atomic E-state index is 0.0219. The molecule has 0 aromatic rings. The molecule has 0 spiro atoms. The number of hydrogen-bond donors (Lipinski definition) is 0. The van der Waals surface area contributed by atoms with E-state index in [2.05, 4.69) is 0 Å².